The summed E-state index contributed by atoms with van der Waals surface area (Å²) >= 11 is 0. The van der Waals surface area contributed by atoms with Crippen LogP contribution in [0.15, 0.2) is 24.3 Å². The summed E-state index contributed by atoms with van der Waals surface area (Å²) in [7, 11) is 0. The molecule has 1 rings (SSSR count). The summed E-state index contributed by atoms with van der Waals surface area (Å²) in [4.78, 5) is 0. The Hall–Kier alpha value is -0.820. The topological polar surface area (TPSA) is 20.2 Å². The van der Waals surface area contributed by atoms with Crippen LogP contribution in [0.3, 0.4) is 0 Å². The molecule has 0 aliphatic rings. The van der Waals surface area contributed by atoms with Gasteiger partial charge in [-0.1, -0.05) is 63.9 Å². The van der Waals surface area contributed by atoms with Crippen molar-refractivity contribution in [3.8, 4) is 0 Å². The highest BCUT2D eigenvalue weighted by molar-refractivity contribution is 5.22. The lowest BCUT2D eigenvalue weighted by Gasteiger charge is -2.16. The van der Waals surface area contributed by atoms with Crippen molar-refractivity contribution in [3.63, 3.8) is 0 Å². The summed E-state index contributed by atoms with van der Waals surface area (Å²) in [5.41, 5.74) is 2.23. The van der Waals surface area contributed by atoms with Gasteiger partial charge in [0.15, 0.2) is 0 Å². The Labute approximate surface area is 121 Å². The first-order valence-corrected chi connectivity index (χ1v) is 7.75. The summed E-state index contributed by atoms with van der Waals surface area (Å²) in [6.07, 6.45) is 4.27. The largest absolute Gasteiger partial charge is 0.390 e. The van der Waals surface area contributed by atoms with Gasteiger partial charge >= 0.3 is 0 Å². The number of hydrogen-bond donors (Lipinski definition) is 1. The normalized spacial score (nSPS) is 9.89. The van der Waals surface area contributed by atoms with E-state index >= 15 is 0 Å². The van der Waals surface area contributed by atoms with Gasteiger partial charge < -0.3 is 5.11 Å². The summed E-state index contributed by atoms with van der Waals surface area (Å²) in [6, 6.07) is 8.65. The van der Waals surface area contributed by atoms with Gasteiger partial charge in [-0.05, 0) is 45.6 Å². The third-order valence-electron chi connectivity index (χ3n) is 2.59. The minimum Gasteiger partial charge on any atom is -0.390 e. The zero-order valence-electron chi connectivity index (χ0n) is 14.1. The molecule has 0 aromatic heterocycles. The van der Waals surface area contributed by atoms with Gasteiger partial charge in [-0.25, -0.2) is 0 Å². The Morgan fingerprint density at radius 2 is 1.58 bits per heavy atom. The minimum absolute atomic E-state index is 0.507. The molecule has 112 valence electrons. The van der Waals surface area contributed by atoms with Crippen LogP contribution in [0.1, 0.15) is 71.9 Å². The van der Waals surface area contributed by atoms with Crippen molar-refractivity contribution >= 4 is 0 Å². The lowest BCUT2D eigenvalue weighted by molar-refractivity contribution is 0.0682. The maximum Gasteiger partial charge on any atom is 0.0591 e. The van der Waals surface area contributed by atoms with Gasteiger partial charge in [-0.2, -0.15) is 0 Å². The van der Waals surface area contributed by atoms with E-state index in [9.17, 15) is 5.11 Å². The predicted molar refractivity (Wildman–Crippen MR) is 87.7 cm³/mol. The van der Waals surface area contributed by atoms with Crippen molar-refractivity contribution in [1.82, 2.24) is 0 Å². The van der Waals surface area contributed by atoms with Crippen molar-refractivity contribution in [1.29, 1.82) is 0 Å². The van der Waals surface area contributed by atoms with Crippen molar-refractivity contribution < 1.29 is 5.11 Å². The molecule has 0 radical (unpaired) electrons. The van der Waals surface area contributed by atoms with Crippen LogP contribution in [0, 0.1) is 6.92 Å². The molecule has 1 N–H and O–H groups in total. The number of benzene rings is 1. The second-order valence-corrected chi connectivity index (χ2v) is 5.01. The molecule has 0 spiro atoms. The Kier molecular flexibility index (Phi) is 13.2. The van der Waals surface area contributed by atoms with E-state index in [-0.39, 0.29) is 0 Å². The second kappa shape index (κ2) is 12.2. The Bertz CT molecular complexity index is 297. The molecule has 0 amide bonds. The third-order valence-corrected chi connectivity index (χ3v) is 2.59. The maximum absolute atomic E-state index is 9.56. The van der Waals surface area contributed by atoms with Crippen LogP contribution >= 0.6 is 0 Å². The quantitative estimate of drug-likeness (QED) is 0.695. The van der Waals surface area contributed by atoms with Gasteiger partial charge in [-0.3, -0.25) is 0 Å². The molecule has 19 heavy (non-hydrogen) atoms. The zero-order valence-corrected chi connectivity index (χ0v) is 14.1. The molecule has 0 atom stereocenters. The van der Waals surface area contributed by atoms with Gasteiger partial charge in [0, 0.05) is 0 Å². The molecule has 1 nitrogen and oxygen atoms in total. The molecule has 1 aromatic rings. The summed E-state index contributed by atoms with van der Waals surface area (Å²) < 4.78 is 0. The fourth-order valence-corrected chi connectivity index (χ4v) is 1.75. The molecule has 0 aliphatic carbocycles. The van der Waals surface area contributed by atoms with Gasteiger partial charge in [0.05, 0.1) is 5.60 Å². The summed E-state index contributed by atoms with van der Waals surface area (Å²) in [5, 5.41) is 9.56. The molecule has 1 aromatic carbocycles. The molecule has 0 bridgehead atoms. The van der Waals surface area contributed by atoms with E-state index in [4.69, 9.17) is 0 Å². The van der Waals surface area contributed by atoms with Gasteiger partial charge in [0.1, 0.15) is 0 Å². The molecule has 0 heterocycles. The highest BCUT2D eigenvalue weighted by Crippen LogP contribution is 2.14. The molecular weight excluding hydrogens is 232 g/mol. The zero-order chi connectivity index (χ0) is 15.3. The SMILES string of the molecule is CC.CC.Cc1cccc(CCCCC(C)(C)O)c1. The number of rotatable bonds is 5. The smallest absolute Gasteiger partial charge is 0.0591 e. The first-order chi connectivity index (χ1) is 8.97. The Morgan fingerprint density at radius 1 is 1.00 bits per heavy atom. The highest BCUT2D eigenvalue weighted by Gasteiger charge is 2.10. The van der Waals surface area contributed by atoms with Crippen LogP contribution in [0.2, 0.25) is 0 Å². The van der Waals surface area contributed by atoms with Crippen LogP contribution in [-0.4, -0.2) is 10.7 Å². The molecular formula is C18H34O. The van der Waals surface area contributed by atoms with Crippen LogP contribution < -0.4 is 0 Å². The average Bonchev–Trinajstić information content (AvgIpc) is 2.39. The van der Waals surface area contributed by atoms with Gasteiger partial charge in [-0.15, -0.1) is 0 Å². The second-order valence-electron chi connectivity index (χ2n) is 5.01. The van der Waals surface area contributed by atoms with Crippen molar-refractivity contribution in [3.05, 3.63) is 35.4 Å². The van der Waals surface area contributed by atoms with Crippen molar-refractivity contribution in [2.75, 3.05) is 0 Å². The number of hydrogen-bond acceptors (Lipinski definition) is 1. The van der Waals surface area contributed by atoms with Crippen molar-refractivity contribution in [2.45, 2.75) is 79.8 Å². The van der Waals surface area contributed by atoms with Crippen LogP contribution in [-0.2, 0) is 6.42 Å². The van der Waals surface area contributed by atoms with E-state index in [0.717, 1.165) is 25.7 Å². The predicted octanol–water partition coefficient (Wildman–Crippen LogP) is 5.53. The monoisotopic (exact) mass is 266 g/mol. The first kappa shape index (κ1) is 20.5. The fourth-order valence-electron chi connectivity index (χ4n) is 1.75. The standard InChI is InChI=1S/C14H22O.2C2H6/c1-12-7-6-9-13(11-12)8-4-5-10-14(2,3)15;2*1-2/h6-7,9,11,15H,4-5,8,10H2,1-3H3;2*1-2H3. The first-order valence-electron chi connectivity index (χ1n) is 7.75. The van der Waals surface area contributed by atoms with E-state index in [2.05, 4.69) is 31.2 Å². The lowest BCUT2D eigenvalue weighted by atomic mass is 9.99. The third kappa shape index (κ3) is 13.4. The summed E-state index contributed by atoms with van der Waals surface area (Å²) in [6.45, 7) is 13.9. The van der Waals surface area contributed by atoms with Gasteiger partial charge in [0.2, 0.25) is 0 Å². The maximum atomic E-state index is 9.56. The Morgan fingerprint density at radius 3 is 2.05 bits per heavy atom. The van der Waals surface area contributed by atoms with Crippen LogP contribution in [0.5, 0.6) is 0 Å². The van der Waals surface area contributed by atoms with E-state index in [1.807, 2.05) is 41.5 Å². The van der Waals surface area contributed by atoms with E-state index in [1.165, 1.54) is 11.1 Å². The number of aryl methyl sites for hydroxylation is 2. The van der Waals surface area contributed by atoms with E-state index < -0.39 is 5.60 Å². The van der Waals surface area contributed by atoms with Gasteiger partial charge in [0.25, 0.3) is 0 Å². The molecule has 0 aliphatic heterocycles. The highest BCUT2D eigenvalue weighted by atomic mass is 16.3. The molecule has 0 saturated heterocycles. The lowest BCUT2D eigenvalue weighted by Crippen LogP contribution is -2.17. The molecule has 0 saturated carbocycles. The van der Waals surface area contributed by atoms with Crippen LogP contribution in [0.25, 0.3) is 0 Å². The average molecular weight is 266 g/mol. The number of aliphatic hydroxyl groups is 1. The number of unbranched alkanes of at least 4 members (excludes halogenated alkanes) is 1. The molecule has 0 fully saturated rings. The van der Waals surface area contributed by atoms with E-state index in [0.29, 0.717) is 0 Å². The minimum atomic E-state index is -0.507. The van der Waals surface area contributed by atoms with Crippen LogP contribution in [0.4, 0.5) is 0 Å². The fraction of sp³-hybridized carbons (Fsp3) is 0.667. The van der Waals surface area contributed by atoms with E-state index in [1.54, 1.807) is 0 Å². The molecule has 1 heteroatoms. The summed E-state index contributed by atoms with van der Waals surface area (Å²) in [5.74, 6) is 0. The Balaban J connectivity index is 0. The van der Waals surface area contributed by atoms with Crippen molar-refractivity contribution in [2.24, 2.45) is 0 Å². The molecule has 0 unspecified atom stereocenters.